The average molecular weight is 255 g/mol. The number of benzene rings is 2. The molecule has 1 unspecified atom stereocenters. The Morgan fingerprint density at radius 2 is 1.94 bits per heavy atom. The van der Waals surface area contributed by atoms with E-state index in [1.54, 1.807) is 6.20 Å². The first-order chi connectivity index (χ1) is 8.84. The molecule has 1 atom stereocenters. The Balaban J connectivity index is 1.95. The van der Waals surface area contributed by atoms with E-state index in [0.717, 1.165) is 12.1 Å². The van der Waals surface area contributed by atoms with E-state index in [-0.39, 0.29) is 6.04 Å². The first-order valence-corrected chi connectivity index (χ1v) is 6.57. The van der Waals surface area contributed by atoms with E-state index in [9.17, 15) is 0 Å². The van der Waals surface area contributed by atoms with Gasteiger partial charge >= 0.3 is 0 Å². The van der Waals surface area contributed by atoms with Crippen molar-refractivity contribution < 1.29 is 0 Å². The molecule has 0 aliphatic rings. The fourth-order valence-electron chi connectivity index (χ4n) is 2.15. The van der Waals surface area contributed by atoms with E-state index < -0.39 is 0 Å². The van der Waals surface area contributed by atoms with Gasteiger partial charge in [-0.2, -0.15) is 8.75 Å². The topological polar surface area (TPSA) is 51.8 Å². The van der Waals surface area contributed by atoms with Crippen molar-refractivity contribution in [2.75, 3.05) is 0 Å². The Labute approximate surface area is 110 Å². The SMILES string of the molecule is NC(Cc1cccc2ccccc12)c1cnsn1. The number of fused-ring (bicyclic) bond motifs is 1. The van der Waals surface area contributed by atoms with Gasteiger partial charge in [0.05, 0.1) is 29.7 Å². The van der Waals surface area contributed by atoms with Gasteiger partial charge in [0.25, 0.3) is 0 Å². The smallest absolute Gasteiger partial charge is 0.0913 e. The number of nitrogens with zero attached hydrogens (tertiary/aromatic N) is 2. The van der Waals surface area contributed by atoms with Crippen LogP contribution in [0.15, 0.2) is 48.7 Å². The van der Waals surface area contributed by atoms with Crippen LogP contribution in [0.5, 0.6) is 0 Å². The van der Waals surface area contributed by atoms with Crippen LogP contribution in [-0.4, -0.2) is 8.75 Å². The zero-order valence-electron chi connectivity index (χ0n) is 9.78. The second kappa shape index (κ2) is 4.84. The molecule has 0 aliphatic heterocycles. The van der Waals surface area contributed by atoms with Crippen LogP contribution in [0.25, 0.3) is 10.8 Å². The Bertz CT molecular complexity index is 644. The van der Waals surface area contributed by atoms with Gasteiger partial charge in [-0.1, -0.05) is 42.5 Å². The second-order valence-corrected chi connectivity index (χ2v) is 4.84. The zero-order chi connectivity index (χ0) is 12.4. The number of nitrogens with two attached hydrogens (primary N) is 1. The van der Waals surface area contributed by atoms with Crippen molar-refractivity contribution in [3.05, 3.63) is 59.9 Å². The highest BCUT2D eigenvalue weighted by atomic mass is 32.1. The molecule has 1 aromatic heterocycles. The lowest BCUT2D eigenvalue weighted by Gasteiger charge is -2.11. The van der Waals surface area contributed by atoms with E-state index in [1.165, 1.54) is 28.1 Å². The predicted octanol–water partition coefficient (Wildman–Crippen LogP) is 2.93. The zero-order valence-corrected chi connectivity index (χ0v) is 10.6. The fraction of sp³-hybridized carbons (Fsp3) is 0.143. The number of aromatic nitrogens is 2. The van der Waals surface area contributed by atoms with Gasteiger partial charge in [-0.15, -0.1) is 0 Å². The lowest BCUT2D eigenvalue weighted by atomic mass is 9.98. The van der Waals surface area contributed by atoms with Crippen molar-refractivity contribution in [3.8, 4) is 0 Å². The van der Waals surface area contributed by atoms with Crippen LogP contribution in [-0.2, 0) is 6.42 Å². The molecule has 0 saturated heterocycles. The quantitative estimate of drug-likeness (QED) is 0.783. The van der Waals surface area contributed by atoms with Gasteiger partial charge in [-0.25, -0.2) is 0 Å². The van der Waals surface area contributed by atoms with E-state index in [0.29, 0.717) is 0 Å². The Hall–Kier alpha value is -1.78. The number of rotatable bonds is 3. The lowest BCUT2D eigenvalue weighted by molar-refractivity contribution is 0.707. The summed E-state index contributed by atoms with van der Waals surface area (Å²) in [7, 11) is 0. The van der Waals surface area contributed by atoms with Gasteiger partial charge in [0.15, 0.2) is 0 Å². The van der Waals surface area contributed by atoms with Crippen LogP contribution in [0, 0.1) is 0 Å². The van der Waals surface area contributed by atoms with Crippen LogP contribution in [0.2, 0.25) is 0 Å². The highest BCUT2D eigenvalue weighted by molar-refractivity contribution is 6.99. The summed E-state index contributed by atoms with van der Waals surface area (Å²) in [6, 6.07) is 14.6. The van der Waals surface area contributed by atoms with Crippen molar-refractivity contribution in [3.63, 3.8) is 0 Å². The van der Waals surface area contributed by atoms with Crippen LogP contribution >= 0.6 is 11.7 Å². The van der Waals surface area contributed by atoms with Crippen molar-refractivity contribution in [2.45, 2.75) is 12.5 Å². The summed E-state index contributed by atoms with van der Waals surface area (Å²) in [6.07, 6.45) is 2.53. The summed E-state index contributed by atoms with van der Waals surface area (Å²) in [5.74, 6) is 0. The third kappa shape index (κ3) is 2.12. The molecule has 2 aromatic carbocycles. The van der Waals surface area contributed by atoms with Crippen molar-refractivity contribution in [2.24, 2.45) is 5.73 Å². The summed E-state index contributed by atoms with van der Waals surface area (Å²) >= 11 is 1.20. The van der Waals surface area contributed by atoms with Crippen LogP contribution < -0.4 is 5.73 Å². The normalized spacial score (nSPS) is 12.7. The molecular formula is C14H13N3S. The van der Waals surface area contributed by atoms with Gasteiger partial charge in [0, 0.05) is 0 Å². The summed E-state index contributed by atoms with van der Waals surface area (Å²) < 4.78 is 8.20. The molecule has 3 aromatic rings. The summed E-state index contributed by atoms with van der Waals surface area (Å²) in [5.41, 5.74) is 8.29. The molecule has 2 N–H and O–H groups in total. The highest BCUT2D eigenvalue weighted by Gasteiger charge is 2.11. The molecule has 1 heterocycles. The summed E-state index contributed by atoms with van der Waals surface area (Å²) in [6.45, 7) is 0. The maximum Gasteiger partial charge on any atom is 0.0913 e. The summed E-state index contributed by atoms with van der Waals surface area (Å²) in [4.78, 5) is 0. The lowest BCUT2D eigenvalue weighted by Crippen LogP contribution is -2.13. The Kier molecular flexibility index (Phi) is 3.04. The molecule has 90 valence electrons. The minimum atomic E-state index is -0.0884. The molecule has 0 radical (unpaired) electrons. The fourth-order valence-corrected chi connectivity index (χ4v) is 2.63. The van der Waals surface area contributed by atoms with Crippen molar-refractivity contribution >= 4 is 22.5 Å². The molecule has 18 heavy (non-hydrogen) atoms. The standard InChI is InChI=1S/C14H13N3S/c15-13(14-9-16-18-17-14)8-11-6-3-5-10-4-1-2-7-12(10)11/h1-7,9,13H,8,15H2. The molecule has 0 fully saturated rings. The Morgan fingerprint density at radius 1 is 1.11 bits per heavy atom. The third-order valence-corrected chi connectivity index (χ3v) is 3.57. The van der Waals surface area contributed by atoms with Crippen LogP contribution in [0.1, 0.15) is 17.3 Å². The largest absolute Gasteiger partial charge is 0.322 e. The minimum absolute atomic E-state index is 0.0884. The van der Waals surface area contributed by atoms with E-state index in [1.807, 2.05) is 0 Å². The first-order valence-electron chi connectivity index (χ1n) is 5.84. The second-order valence-electron chi connectivity index (χ2n) is 4.28. The van der Waals surface area contributed by atoms with Gasteiger partial charge < -0.3 is 5.73 Å². The summed E-state index contributed by atoms with van der Waals surface area (Å²) in [5, 5.41) is 2.51. The van der Waals surface area contributed by atoms with Crippen LogP contribution in [0.3, 0.4) is 0 Å². The third-order valence-electron chi connectivity index (χ3n) is 3.08. The molecule has 0 saturated carbocycles. The first kappa shape index (κ1) is 11.3. The molecule has 0 spiro atoms. The van der Waals surface area contributed by atoms with Crippen LogP contribution in [0.4, 0.5) is 0 Å². The molecular weight excluding hydrogens is 242 g/mol. The van der Waals surface area contributed by atoms with Gasteiger partial charge in [0.2, 0.25) is 0 Å². The van der Waals surface area contributed by atoms with E-state index >= 15 is 0 Å². The molecule has 3 rings (SSSR count). The predicted molar refractivity (Wildman–Crippen MR) is 74.5 cm³/mol. The van der Waals surface area contributed by atoms with Crippen molar-refractivity contribution in [1.29, 1.82) is 0 Å². The van der Waals surface area contributed by atoms with Gasteiger partial charge in [0.1, 0.15) is 0 Å². The number of hydrogen-bond acceptors (Lipinski definition) is 4. The molecule has 4 heteroatoms. The average Bonchev–Trinajstić information content (AvgIpc) is 2.93. The van der Waals surface area contributed by atoms with Gasteiger partial charge in [-0.05, 0) is 22.8 Å². The maximum atomic E-state index is 6.17. The van der Waals surface area contributed by atoms with Crippen molar-refractivity contribution in [1.82, 2.24) is 8.75 Å². The molecule has 0 aliphatic carbocycles. The minimum Gasteiger partial charge on any atom is -0.322 e. The molecule has 0 amide bonds. The Morgan fingerprint density at radius 3 is 2.78 bits per heavy atom. The molecule has 3 nitrogen and oxygen atoms in total. The van der Waals surface area contributed by atoms with E-state index in [4.69, 9.17) is 5.73 Å². The monoisotopic (exact) mass is 255 g/mol. The van der Waals surface area contributed by atoms with E-state index in [2.05, 4.69) is 51.2 Å². The highest BCUT2D eigenvalue weighted by Crippen LogP contribution is 2.22. The van der Waals surface area contributed by atoms with Gasteiger partial charge in [-0.3, -0.25) is 0 Å². The maximum absolute atomic E-state index is 6.17. The molecule has 0 bridgehead atoms. The number of hydrogen-bond donors (Lipinski definition) is 1.